The Morgan fingerprint density at radius 1 is 1.07 bits per heavy atom. The number of piperazine rings is 1. The molecular formula is C23H36IN5S. The highest BCUT2D eigenvalue weighted by Gasteiger charge is 2.13. The molecule has 1 atom stereocenters. The summed E-state index contributed by atoms with van der Waals surface area (Å²) in [6.07, 6.45) is 0. The highest BCUT2D eigenvalue weighted by molar-refractivity contribution is 14.0. The van der Waals surface area contributed by atoms with Crippen LogP contribution in [0, 0.1) is 0 Å². The zero-order valence-electron chi connectivity index (χ0n) is 18.4. The largest absolute Gasteiger partial charge is 0.357 e. The fraction of sp³-hybridized carbons (Fsp3) is 0.522. The van der Waals surface area contributed by atoms with Gasteiger partial charge in [-0.05, 0) is 53.4 Å². The van der Waals surface area contributed by atoms with Crippen molar-refractivity contribution >= 4 is 41.3 Å². The lowest BCUT2D eigenvalue weighted by Crippen LogP contribution is -2.43. The van der Waals surface area contributed by atoms with Crippen LogP contribution in [0.2, 0.25) is 0 Å². The van der Waals surface area contributed by atoms with Crippen molar-refractivity contribution in [3.05, 3.63) is 57.8 Å². The molecule has 166 valence electrons. The number of nitrogens with zero attached hydrogens (tertiary/aromatic N) is 3. The molecule has 0 spiro atoms. The SMILES string of the molecule is CCNC(=NCc1ccc(CN2CCN(C)CC2)cc1)NCC(C)c1ccsc1.I. The van der Waals surface area contributed by atoms with Crippen molar-refractivity contribution in [2.75, 3.05) is 46.3 Å². The Morgan fingerprint density at radius 3 is 2.40 bits per heavy atom. The Balaban J connectivity index is 0.00000320. The van der Waals surface area contributed by atoms with Crippen LogP contribution in [0.3, 0.4) is 0 Å². The quantitative estimate of drug-likeness (QED) is 0.302. The number of hydrogen-bond donors (Lipinski definition) is 2. The van der Waals surface area contributed by atoms with Crippen LogP contribution in [0.25, 0.3) is 0 Å². The van der Waals surface area contributed by atoms with Gasteiger partial charge in [-0.3, -0.25) is 4.90 Å². The Kier molecular flexibility index (Phi) is 11.1. The summed E-state index contributed by atoms with van der Waals surface area (Å²) in [7, 11) is 2.20. The lowest BCUT2D eigenvalue weighted by atomic mass is 10.1. The van der Waals surface area contributed by atoms with Crippen LogP contribution in [-0.2, 0) is 13.1 Å². The van der Waals surface area contributed by atoms with E-state index in [4.69, 9.17) is 4.99 Å². The van der Waals surface area contributed by atoms with Crippen molar-refractivity contribution in [1.82, 2.24) is 20.4 Å². The fourth-order valence-electron chi connectivity index (χ4n) is 3.45. The molecule has 1 unspecified atom stereocenters. The molecule has 30 heavy (non-hydrogen) atoms. The van der Waals surface area contributed by atoms with E-state index in [2.05, 4.69) is 82.4 Å². The monoisotopic (exact) mass is 541 g/mol. The number of hydrogen-bond acceptors (Lipinski definition) is 4. The van der Waals surface area contributed by atoms with Crippen molar-refractivity contribution < 1.29 is 0 Å². The van der Waals surface area contributed by atoms with E-state index in [-0.39, 0.29) is 24.0 Å². The van der Waals surface area contributed by atoms with Gasteiger partial charge in [0, 0.05) is 45.8 Å². The molecule has 2 heterocycles. The molecule has 5 nitrogen and oxygen atoms in total. The normalized spacial score (nSPS) is 16.7. The second-order valence-electron chi connectivity index (χ2n) is 7.93. The van der Waals surface area contributed by atoms with Gasteiger partial charge in [0.2, 0.25) is 0 Å². The zero-order chi connectivity index (χ0) is 20.5. The second-order valence-corrected chi connectivity index (χ2v) is 8.71. The third-order valence-electron chi connectivity index (χ3n) is 5.48. The Labute approximate surface area is 203 Å². The molecule has 0 bridgehead atoms. The molecule has 0 radical (unpaired) electrons. The molecule has 0 aliphatic carbocycles. The van der Waals surface area contributed by atoms with Gasteiger partial charge in [-0.1, -0.05) is 31.2 Å². The maximum absolute atomic E-state index is 4.77. The van der Waals surface area contributed by atoms with Crippen LogP contribution in [0.4, 0.5) is 0 Å². The molecular weight excluding hydrogens is 505 g/mol. The minimum Gasteiger partial charge on any atom is -0.357 e. The molecule has 2 aromatic rings. The topological polar surface area (TPSA) is 42.9 Å². The van der Waals surface area contributed by atoms with Crippen LogP contribution in [0.15, 0.2) is 46.1 Å². The van der Waals surface area contributed by atoms with Crippen molar-refractivity contribution in [2.45, 2.75) is 32.9 Å². The maximum Gasteiger partial charge on any atom is 0.191 e. The molecule has 3 rings (SSSR count). The lowest BCUT2D eigenvalue weighted by Gasteiger charge is -2.32. The summed E-state index contributed by atoms with van der Waals surface area (Å²) >= 11 is 1.75. The van der Waals surface area contributed by atoms with E-state index in [1.54, 1.807) is 11.3 Å². The minimum atomic E-state index is 0. The Hall–Kier alpha value is -1.16. The first-order chi connectivity index (χ1) is 14.1. The van der Waals surface area contributed by atoms with E-state index in [9.17, 15) is 0 Å². The summed E-state index contributed by atoms with van der Waals surface area (Å²) in [4.78, 5) is 9.71. The van der Waals surface area contributed by atoms with Gasteiger partial charge in [-0.25, -0.2) is 4.99 Å². The van der Waals surface area contributed by atoms with Crippen LogP contribution in [-0.4, -0.2) is 62.1 Å². The number of thiophene rings is 1. The minimum absolute atomic E-state index is 0. The maximum atomic E-state index is 4.77. The number of nitrogens with one attached hydrogen (secondary N) is 2. The van der Waals surface area contributed by atoms with Crippen LogP contribution < -0.4 is 10.6 Å². The van der Waals surface area contributed by atoms with Gasteiger partial charge in [-0.15, -0.1) is 24.0 Å². The molecule has 7 heteroatoms. The van der Waals surface area contributed by atoms with E-state index in [0.717, 1.165) is 51.8 Å². The van der Waals surface area contributed by atoms with Gasteiger partial charge < -0.3 is 15.5 Å². The zero-order valence-corrected chi connectivity index (χ0v) is 21.6. The van der Waals surface area contributed by atoms with Crippen molar-refractivity contribution in [2.24, 2.45) is 4.99 Å². The van der Waals surface area contributed by atoms with Gasteiger partial charge in [0.05, 0.1) is 6.54 Å². The number of likely N-dealkylation sites (N-methyl/N-ethyl adjacent to an activating group) is 1. The molecule has 1 aliphatic rings. The van der Waals surface area contributed by atoms with Crippen molar-refractivity contribution in [3.8, 4) is 0 Å². The Morgan fingerprint density at radius 2 is 1.77 bits per heavy atom. The summed E-state index contributed by atoms with van der Waals surface area (Å²) < 4.78 is 0. The number of benzene rings is 1. The molecule has 1 aromatic heterocycles. The van der Waals surface area contributed by atoms with E-state index in [1.165, 1.54) is 16.7 Å². The summed E-state index contributed by atoms with van der Waals surface area (Å²) in [6.45, 7) is 12.5. The van der Waals surface area contributed by atoms with Crippen LogP contribution in [0.1, 0.15) is 36.5 Å². The molecule has 0 amide bonds. The first-order valence-corrected chi connectivity index (χ1v) is 11.6. The van der Waals surface area contributed by atoms with Gasteiger partial charge >= 0.3 is 0 Å². The molecule has 1 saturated heterocycles. The molecule has 0 saturated carbocycles. The second kappa shape index (κ2) is 13.3. The van der Waals surface area contributed by atoms with E-state index < -0.39 is 0 Å². The number of guanidine groups is 1. The molecule has 1 fully saturated rings. The van der Waals surface area contributed by atoms with E-state index in [1.807, 2.05) is 0 Å². The number of halogens is 1. The number of rotatable bonds is 8. The first-order valence-electron chi connectivity index (χ1n) is 10.7. The van der Waals surface area contributed by atoms with Crippen molar-refractivity contribution in [1.29, 1.82) is 0 Å². The van der Waals surface area contributed by atoms with Gasteiger partial charge in [-0.2, -0.15) is 11.3 Å². The molecule has 2 N–H and O–H groups in total. The van der Waals surface area contributed by atoms with E-state index >= 15 is 0 Å². The van der Waals surface area contributed by atoms with Crippen LogP contribution in [0.5, 0.6) is 0 Å². The Bertz CT molecular complexity index is 739. The predicted octanol–water partition coefficient (Wildman–Crippen LogP) is 3.97. The highest BCUT2D eigenvalue weighted by Crippen LogP contribution is 2.17. The lowest BCUT2D eigenvalue weighted by molar-refractivity contribution is 0.148. The summed E-state index contributed by atoms with van der Waals surface area (Å²) in [5.74, 6) is 1.36. The molecule has 1 aliphatic heterocycles. The summed E-state index contributed by atoms with van der Waals surface area (Å²) in [5.41, 5.74) is 4.02. The highest BCUT2D eigenvalue weighted by atomic mass is 127. The van der Waals surface area contributed by atoms with Crippen molar-refractivity contribution in [3.63, 3.8) is 0 Å². The fourth-order valence-corrected chi connectivity index (χ4v) is 4.23. The third kappa shape index (κ3) is 8.17. The van der Waals surface area contributed by atoms with Gasteiger partial charge in [0.25, 0.3) is 0 Å². The third-order valence-corrected chi connectivity index (χ3v) is 6.18. The van der Waals surface area contributed by atoms with E-state index in [0.29, 0.717) is 12.5 Å². The average molecular weight is 542 g/mol. The van der Waals surface area contributed by atoms with Gasteiger partial charge in [0.15, 0.2) is 5.96 Å². The van der Waals surface area contributed by atoms with Crippen LogP contribution >= 0.6 is 35.3 Å². The molecule has 1 aromatic carbocycles. The van der Waals surface area contributed by atoms with Gasteiger partial charge in [0.1, 0.15) is 0 Å². The predicted molar refractivity (Wildman–Crippen MR) is 140 cm³/mol. The summed E-state index contributed by atoms with van der Waals surface area (Å²) in [6, 6.07) is 11.1. The smallest absolute Gasteiger partial charge is 0.191 e. The number of aliphatic imine (C=N–C) groups is 1. The standard InChI is InChI=1S/C23H35N5S.HI/c1-4-24-23(25-15-19(2)22-9-14-29-18-22)26-16-20-5-7-21(8-6-20)17-28-12-10-27(3)11-13-28;/h5-9,14,18-19H,4,10-13,15-17H2,1-3H3,(H2,24,25,26);1H. The first kappa shape index (κ1) is 25.1. The average Bonchev–Trinajstić information content (AvgIpc) is 3.28. The summed E-state index contributed by atoms with van der Waals surface area (Å²) in [5, 5.41) is 11.2.